The molecule has 0 radical (unpaired) electrons. The lowest BCUT2D eigenvalue weighted by Crippen LogP contribution is -2.23. The van der Waals surface area contributed by atoms with Crippen molar-refractivity contribution in [2.75, 3.05) is 7.11 Å². The molecule has 1 aromatic carbocycles. The zero-order valence-corrected chi connectivity index (χ0v) is 9.96. The van der Waals surface area contributed by atoms with Gasteiger partial charge in [0.05, 0.1) is 13.7 Å². The predicted octanol–water partition coefficient (Wildman–Crippen LogP) is 1.42. The van der Waals surface area contributed by atoms with Gasteiger partial charge in [-0.15, -0.1) is 0 Å². The number of carbonyl (C=O) groups is 1. The first-order chi connectivity index (χ1) is 8.79. The van der Waals surface area contributed by atoms with Crippen molar-refractivity contribution in [3.8, 4) is 5.88 Å². The summed E-state index contributed by atoms with van der Waals surface area (Å²) in [7, 11) is 1.54. The number of ether oxygens (including phenoxy) is 1. The number of rotatable bonds is 4. The van der Waals surface area contributed by atoms with Crippen LogP contribution in [0.25, 0.3) is 0 Å². The molecule has 1 aromatic heterocycles. The van der Waals surface area contributed by atoms with Gasteiger partial charge in [-0.1, -0.05) is 18.2 Å². The second-order valence-electron chi connectivity index (χ2n) is 3.56. The third-order valence-corrected chi connectivity index (χ3v) is 2.33. The van der Waals surface area contributed by atoms with Gasteiger partial charge in [0.2, 0.25) is 5.88 Å². The monoisotopic (exact) mass is 243 g/mol. The van der Waals surface area contributed by atoms with Gasteiger partial charge in [0, 0.05) is 17.8 Å². The summed E-state index contributed by atoms with van der Waals surface area (Å²) in [5, 5.41) is 2.75. The summed E-state index contributed by atoms with van der Waals surface area (Å²) in [6.07, 6.45) is 1.59. The third-order valence-electron chi connectivity index (χ3n) is 2.33. The Morgan fingerprint density at radius 3 is 2.78 bits per heavy atom. The first-order valence-electron chi connectivity index (χ1n) is 5.49. The molecule has 0 saturated carbocycles. The van der Waals surface area contributed by atoms with Crippen LogP contribution in [0.2, 0.25) is 0 Å². The van der Waals surface area contributed by atoms with Gasteiger partial charge in [-0.25, -0.2) is 4.98 Å². The van der Waals surface area contributed by atoms with Crippen molar-refractivity contribution in [3.63, 3.8) is 0 Å². The molecule has 0 aliphatic heterocycles. The van der Waals surface area contributed by atoms with Gasteiger partial charge < -0.3 is 10.1 Å². The molecule has 18 heavy (non-hydrogen) atoms. The van der Waals surface area contributed by atoms with Crippen molar-refractivity contribution in [1.82, 2.24) is 15.3 Å². The zero-order valence-electron chi connectivity index (χ0n) is 9.96. The largest absolute Gasteiger partial charge is 0.481 e. The van der Waals surface area contributed by atoms with E-state index in [1.54, 1.807) is 24.4 Å². The third kappa shape index (κ3) is 3.04. The average Bonchev–Trinajstić information content (AvgIpc) is 2.46. The summed E-state index contributed by atoms with van der Waals surface area (Å²) in [6, 6.07) is 10.7. The lowest BCUT2D eigenvalue weighted by molar-refractivity contribution is 0.0949. The minimum atomic E-state index is -0.151. The molecule has 5 heteroatoms. The molecule has 2 rings (SSSR count). The van der Waals surface area contributed by atoms with E-state index in [9.17, 15) is 4.79 Å². The second kappa shape index (κ2) is 5.77. The topological polar surface area (TPSA) is 64.1 Å². The van der Waals surface area contributed by atoms with E-state index >= 15 is 0 Å². The summed E-state index contributed by atoms with van der Waals surface area (Å²) in [5.74, 6) is 0.842. The van der Waals surface area contributed by atoms with Crippen LogP contribution in [0.15, 0.2) is 42.6 Å². The summed E-state index contributed by atoms with van der Waals surface area (Å²) >= 11 is 0. The van der Waals surface area contributed by atoms with E-state index in [4.69, 9.17) is 4.74 Å². The quantitative estimate of drug-likeness (QED) is 0.882. The van der Waals surface area contributed by atoms with Crippen molar-refractivity contribution < 1.29 is 9.53 Å². The molecule has 0 aliphatic carbocycles. The Bertz CT molecular complexity index is 529. The molecule has 0 saturated heterocycles. The van der Waals surface area contributed by atoms with Crippen molar-refractivity contribution in [1.29, 1.82) is 0 Å². The molecular weight excluding hydrogens is 230 g/mol. The van der Waals surface area contributed by atoms with E-state index in [2.05, 4.69) is 15.3 Å². The molecule has 0 spiro atoms. The summed E-state index contributed by atoms with van der Waals surface area (Å²) < 4.78 is 4.98. The predicted molar refractivity (Wildman–Crippen MR) is 66.2 cm³/mol. The van der Waals surface area contributed by atoms with Crippen LogP contribution in [-0.4, -0.2) is 23.0 Å². The van der Waals surface area contributed by atoms with Crippen LogP contribution < -0.4 is 10.1 Å². The van der Waals surface area contributed by atoms with Crippen LogP contribution in [0.3, 0.4) is 0 Å². The average molecular weight is 243 g/mol. The maximum Gasteiger partial charge on any atom is 0.251 e. The Labute approximate surface area is 105 Å². The SMILES string of the molecule is COc1ccnc(CNC(=O)c2ccccc2)n1. The maximum atomic E-state index is 11.8. The Morgan fingerprint density at radius 2 is 2.06 bits per heavy atom. The Morgan fingerprint density at radius 1 is 1.28 bits per heavy atom. The van der Waals surface area contributed by atoms with E-state index in [1.807, 2.05) is 18.2 Å². The molecular formula is C13H13N3O2. The summed E-state index contributed by atoms with van der Waals surface area (Å²) in [6.45, 7) is 0.269. The van der Waals surface area contributed by atoms with E-state index in [0.29, 0.717) is 17.3 Å². The molecule has 0 atom stereocenters. The Kier molecular flexibility index (Phi) is 3.86. The smallest absolute Gasteiger partial charge is 0.251 e. The van der Waals surface area contributed by atoms with Crippen LogP contribution in [0, 0.1) is 0 Å². The van der Waals surface area contributed by atoms with Gasteiger partial charge in [0.25, 0.3) is 5.91 Å². The molecule has 92 valence electrons. The zero-order chi connectivity index (χ0) is 12.8. The van der Waals surface area contributed by atoms with Crippen molar-refractivity contribution >= 4 is 5.91 Å². The van der Waals surface area contributed by atoms with Gasteiger partial charge in [-0.05, 0) is 12.1 Å². The number of hydrogen-bond donors (Lipinski definition) is 1. The highest BCUT2D eigenvalue weighted by molar-refractivity contribution is 5.93. The van der Waals surface area contributed by atoms with Gasteiger partial charge in [-0.3, -0.25) is 4.79 Å². The number of aromatic nitrogens is 2. The van der Waals surface area contributed by atoms with Crippen LogP contribution in [-0.2, 0) is 6.54 Å². The molecule has 0 aliphatic rings. The van der Waals surface area contributed by atoms with Crippen LogP contribution in [0.1, 0.15) is 16.2 Å². The molecule has 0 fully saturated rings. The number of nitrogens with zero attached hydrogens (tertiary/aromatic N) is 2. The standard InChI is InChI=1S/C13H13N3O2/c1-18-12-7-8-14-11(16-12)9-15-13(17)10-5-3-2-4-6-10/h2-8H,9H2,1H3,(H,15,17). The molecule has 1 N–H and O–H groups in total. The Balaban J connectivity index is 1.97. The van der Waals surface area contributed by atoms with Crippen LogP contribution >= 0.6 is 0 Å². The van der Waals surface area contributed by atoms with Crippen molar-refractivity contribution in [2.45, 2.75) is 6.54 Å². The van der Waals surface area contributed by atoms with Crippen molar-refractivity contribution in [2.24, 2.45) is 0 Å². The number of amides is 1. The van der Waals surface area contributed by atoms with E-state index in [0.717, 1.165) is 0 Å². The van der Waals surface area contributed by atoms with Gasteiger partial charge in [0.15, 0.2) is 5.82 Å². The van der Waals surface area contributed by atoms with Gasteiger partial charge >= 0.3 is 0 Å². The Hall–Kier alpha value is -2.43. The summed E-state index contributed by atoms with van der Waals surface area (Å²) in [5.41, 5.74) is 0.611. The summed E-state index contributed by atoms with van der Waals surface area (Å²) in [4.78, 5) is 19.9. The highest BCUT2D eigenvalue weighted by Gasteiger charge is 2.05. The minimum absolute atomic E-state index is 0.151. The molecule has 0 bridgehead atoms. The molecule has 5 nitrogen and oxygen atoms in total. The number of hydrogen-bond acceptors (Lipinski definition) is 4. The first kappa shape index (κ1) is 12.0. The van der Waals surface area contributed by atoms with E-state index < -0.39 is 0 Å². The minimum Gasteiger partial charge on any atom is -0.481 e. The maximum absolute atomic E-state index is 11.8. The molecule has 1 heterocycles. The number of methoxy groups -OCH3 is 1. The molecule has 2 aromatic rings. The lowest BCUT2D eigenvalue weighted by Gasteiger charge is -2.05. The fraction of sp³-hybridized carbons (Fsp3) is 0.154. The number of benzene rings is 1. The van der Waals surface area contributed by atoms with Gasteiger partial charge in [-0.2, -0.15) is 4.98 Å². The lowest BCUT2D eigenvalue weighted by atomic mass is 10.2. The highest BCUT2D eigenvalue weighted by Crippen LogP contribution is 2.04. The number of nitrogens with one attached hydrogen (secondary N) is 1. The fourth-order valence-corrected chi connectivity index (χ4v) is 1.43. The van der Waals surface area contributed by atoms with E-state index in [1.165, 1.54) is 7.11 Å². The molecule has 1 amide bonds. The van der Waals surface area contributed by atoms with E-state index in [-0.39, 0.29) is 12.5 Å². The number of carbonyl (C=O) groups excluding carboxylic acids is 1. The van der Waals surface area contributed by atoms with Crippen LogP contribution in [0.5, 0.6) is 5.88 Å². The normalized spacial score (nSPS) is 9.83. The fourth-order valence-electron chi connectivity index (χ4n) is 1.43. The van der Waals surface area contributed by atoms with Crippen molar-refractivity contribution in [3.05, 3.63) is 54.0 Å². The highest BCUT2D eigenvalue weighted by atomic mass is 16.5. The first-order valence-corrected chi connectivity index (χ1v) is 5.49. The van der Waals surface area contributed by atoms with Gasteiger partial charge in [0.1, 0.15) is 0 Å². The van der Waals surface area contributed by atoms with Crippen LogP contribution in [0.4, 0.5) is 0 Å². The molecule has 0 unspecified atom stereocenters. The second-order valence-corrected chi connectivity index (χ2v) is 3.56.